The van der Waals surface area contributed by atoms with Crippen molar-refractivity contribution in [2.75, 3.05) is 50.4 Å². The summed E-state index contributed by atoms with van der Waals surface area (Å²) in [5.41, 5.74) is 5.25. The van der Waals surface area contributed by atoms with Gasteiger partial charge in [-0.25, -0.2) is 0 Å². The third-order valence-corrected chi connectivity index (χ3v) is 5.90. The third kappa shape index (κ3) is 5.81. The van der Waals surface area contributed by atoms with E-state index in [1.165, 1.54) is 12.3 Å². The van der Waals surface area contributed by atoms with E-state index in [2.05, 4.69) is 15.3 Å². The number of nitrogen functional groups attached to an aromatic ring is 1. The van der Waals surface area contributed by atoms with E-state index in [0.29, 0.717) is 18.8 Å². The first kappa shape index (κ1) is 25.5. The predicted octanol–water partition coefficient (Wildman–Crippen LogP) is 4.79. The minimum Gasteiger partial charge on any atom is -0.397 e. The van der Waals surface area contributed by atoms with Gasteiger partial charge in [0, 0.05) is 37.9 Å². The first-order valence-electron chi connectivity index (χ1n) is 11.2. The smallest absolute Gasteiger partial charge is 0.397 e. The van der Waals surface area contributed by atoms with Gasteiger partial charge in [-0.05, 0) is 30.3 Å². The number of amidine groups is 1. The van der Waals surface area contributed by atoms with Crippen molar-refractivity contribution in [1.29, 1.82) is 0 Å². The Bertz CT molecular complexity index is 1160. The number of anilines is 2. The minimum absolute atomic E-state index is 0.0952. The molecule has 0 atom stereocenters. The van der Waals surface area contributed by atoms with E-state index in [-0.39, 0.29) is 49.1 Å². The Balaban J connectivity index is 1.46. The number of benzene rings is 1. The molecule has 6 nitrogen and oxygen atoms in total. The first-order chi connectivity index (χ1) is 17.0. The van der Waals surface area contributed by atoms with Gasteiger partial charge in [-0.15, -0.1) is 0 Å². The van der Waals surface area contributed by atoms with Crippen molar-refractivity contribution in [3.63, 3.8) is 0 Å². The van der Waals surface area contributed by atoms with Crippen molar-refractivity contribution in [3.8, 4) is 11.3 Å². The highest BCUT2D eigenvalue weighted by molar-refractivity contribution is 6.00. The van der Waals surface area contributed by atoms with Crippen LogP contribution in [0.25, 0.3) is 11.3 Å². The van der Waals surface area contributed by atoms with Crippen molar-refractivity contribution in [2.45, 2.75) is 12.4 Å². The highest BCUT2D eigenvalue weighted by atomic mass is 19.4. The molecule has 1 saturated heterocycles. The molecule has 3 heterocycles. The van der Waals surface area contributed by atoms with Crippen LogP contribution in [0.5, 0.6) is 0 Å². The molecule has 4 rings (SSSR count). The lowest BCUT2D eigenvalue weighted by Crippen LogP contribution is -2.51. The zero-order valence-electron chi connectivity index (χ0n) is 19.1. The number of pyridine rings is 1. The monoisotopic (exact) mass is 510 g/mol. The molecule has 2 aliphatic heterocycles. The SMILES string of the molecule is Nc1c(NCN2CCN(C3=NCC=CC=C3C(F)(F)F)CC2)cc(C(F)(F)F)cc1-c1ccccn1. The Morgan fingerprint density at radius 1 is 0.972 bits per heavy atom. The molecule has 192 valence electrons. The van der Waals surface area contributed by atoms with Gasteiger partial charge in [-0.2, -0.15) is 26.3 Å². The first-order valence-corrected chi connectivity index (χ1v) is 11.2. The van der Waals surface area contributed by atoms with Crippen LogP contribution in [-0.2, 0) is 6.18 Å². The fourth-order valence-corrected chi connectivity index (χ4v) is 4.03. The van der Waals surface area contributed by atoms with Crippen LogP contribution < -0.4 is 11.1 Å². The van der Waals surface area contributed by atoms with Crippen LogP contribution in [0.3, 0.4) is 0 Å². The quantitative estimate of drug-likeness (QED) is 0.457. The van der Waals surface area contributed by atoms with Gasteiger partial charge in [-0.3, -0.25) is 14.9 Å². The molecule has 0 bridgehead atoms. The summed E-state index contributed by atoms with van der Waals surface area (Å²) in [5, 5.41) is 2.97. The summed E-state index contributed by atoms with van der Waals surface area (Å²) in [7, 11) is 0. The normalized spacial score (nSPS) is 17.4. The Labute approximate surface area is 203 Å². The summed E-state index contributed by atoms with van der Waals surface area (Å²) >= 11 is 0. The second kappa shape index (κ2) is 10.2. The summed E-state index contributed by atoms with van der Waals surface area (Å²) in [6.07, 6.45) is -3.73. The number of alkyl halides is 6. The Morgan fingerprint density at radius 3 is 2.36 bits per heavy atom. The van der Waals surface area contributed by atoms with Gasteiger partial charge < -0.3 is 16.0 Å². The fraction of sp³-hybridized carbons (Fsp3) is 0.333. The van der Waals surface area contributed by atoms with Gasteiger partial charge in [-0.1, -0.05) is 18.2 Å². The number of aromatic nitrogens is 1. The molecule has 0 spiro atoms. The van der Waals surface area contributed by atoms with Crippen LogP contribution in [0.1, 0.15) is 5.56 Å². The van der Waals surface area contributed by atoms with Crippen molar-refractivity contribution < 1.29 is 26.3 Å². The second-order valence-electron chi connectivity index (χ2n) is 8.31. The Kier molecular flexibility index (Phi) is 7.25. The van der Waals surface area contributed by atoms with E-state index in [4.69, 9.17) is 5.73 Å². The van der Waals surface area contributed by atoms with Gasteiger partial charge in [0.2, 0.25) is 0 Å². The van der Waals surface area contributed by atoms with Crippen LogP contribution in [0.2, 0.25) is 0 Å². The van der Waals surface area contributed by atoms with E-state index in [1.807, 2.05) is 4.90 Å². The van der Waals surface area contributed by atoms with Crippen molar-refractivity contribution in [1.82, 2.24) is 14.8 Å². The van der Waals surface area contributed by atoms with Gasteiger partial charge in [0.05, 0.1) is 41.4 Å². The highest BCUT2D eigenvalue weighted by Crippen LogP contribution is 2.39. The zero-order valence-corrected chi connectivity index (χ0v) is 19.1. The molecule has 0 aliphatic carbocycles. The summed E-state index contributed by atoms with van der Waals surface area (Å²) < 4.78 is 81.1. The number of hydrogen-bond donors (Lipinski definition) is 2. The number of piperazine rings is 1. The van der Waals surface area contributed by atoms with Crippen LogP contribution in [-0.4, -0.2) is 66.2 Å². The molecule has 3 N–H and O–H groups in total. The van der Waals surface area contributed by atoms with Crippen LogP contribution >= 0.6 is 0 Å². The molecule has 12 heteroatoms. The van der Waals surface area contributed by atoms with Gasteiger partial charge in [0.1, 0.15) is 5.84 Å². The maximum Gasteiger partial charge on any atom is 0.419 e. The molecule has 0 saturated carbocycles. The van der Waals surface area contributed by atoms with E-state index in [9.17, 15) is 26.3 Å². The van der Waals surface area contributed by atoms with Crippen molar-refractivity contribution in [3.05, 3.63) is 65.9 Å². The fourth-order valence-electron chi connectivity index (χ4n) is 4.03. The molecular formula is C24H24F6N6. The van der Waals surface area contributed by atoms with E-state index in [1.54, 1.807) is 29.2 Å². The summed E-state index contributed by atoms with van der Waals surface area (Å²) in [5.74, 6) is -0.0952. The topological polar surface area (TPSA) is 69.8 Å². The lowest BCUT2D eigenvalue weighted by molar-refractivity contribution is -0.137. The number of hydrogen-bond acceptors (Lipinski definition) is 6. The summed E-state index contributed by atoms with van der Waals surface area (Å²) in [6, 6.07) is 6.80. The second-order valence-corrected chi connectivity index (χ2v) is 8.31. The largest absolute Gasteiger partial charge is 0.419 e. The predicted molar refractivity (Wildman–Crippen MR) is 126 cm³/mol. The van der Waals surface area contributed by atoms with Crippen LogP contribution in [0, 0.1) is 0 Å². The molecule has 2 aliphatic rings. The molecule has 0 radical (unpaired) electrons. The number of rotatable bonds is 4. The molecule has 2 aromatic rings. The number of allylic oxidation sites excluding steroid dienone is 2. The maximum atomic E-state index is 13.5. The molecule has 1 fully saturated rings. The number of nitrogens with zero attached hydrogens (tertiary/aromatic N) is 4. The molecule has 1 aromatic heterocycles. The van der Waals surface area contributed by atoms with Crippen LogP contribution in [0.4, 0.5) is 37.7 Å². The summed E-state index contributed by atoms with van der Waals surface area (Å²) in [6.45, 7) is 1.65. The highest BCUT2D eigenvalue weighted by Gasteiger charge is 2.39. The van der Waals surface area contributed by atoms with Crippen LogP contribution in [0.15, 0.2) is 65.3 Å². The minimum atomic E-state index is -4.59. The maximum absolute atomic E-state index is 13.5. The van der Waals surface area contributed by atoms with Crippen molar-refractivity contribution >= 4 is 17.2 Å². The molecule has 36 heavy (non-hydrogen) atoms. The van der Waals surface area contributed by atoms with E-state index >= 15 is 0 Å². The number of halogens is 6. The number of nitrogens with two attached hydrogens (primary N) is 1. The van der Waals surface area contributed by atoms with E-state index in [0.717, 1.165) is 18.2 Å². The van der Waals surface area contributed by atoms with Crippen molar-refractivity contribution in [2.24, 2.45) is 4.99 Å². The van der Waals surface area contributed by atoms with Gasteiger partial charge >= 0.3 is 12.4 Å². The number of aliphatic imine (C=N–C) groups is 1. The molecule has 1 aromatic carbocycles. The average molecular weight is 510 g/mol. The molecule has 0 amide bonds. The number of nitrogens with one attached hydrogen (secondary N) is 1. The lowest BCUT2D eigenvalue weighted by Gasteiger charge is -2.37. The summed E-state index contributed by atoms with van der Waals surface area (Å²) in [4.78, 5) is 11.7. The van der Waals surface area contributed by atoms with E-state index < -0.39 is 23.5 Å². The van der Waals surface area contributed by atoms with Gasteiger partial charge in [0.25, 0.3) is 0 Å². The lowest BCUT2D eigenvalue weighted by atomic mass is 10.0. The standard InChI is InChI=1S/C24H24F6N6/c25-23(26,27)16-13-17(19-6-2-4-7-32-19)21(31)20(14-16)34-15-35-9-11-36(12-10-35)22-18(24(28,29)30)5-1-3-8-33-22/h1-7,13-14,34H,8-12,15,31H2. The Morgan fingerprint density at radius 2 is 1.72 bits per heavy atom. The average Bonchev–Trinajstić information content (AvgIpc) is 3.10. The van der Waals surface area contributed by atoms with Gasteiger partial charge in [0.15, 0.2) is 0 Å². The molecule has 0 unspecified atom stereocenters. The molecular weight excluding hydrogens is 486 g/mol. The third-order valence-electron chi connectivity index (χ3n) is 5.90. The Hall–Kier alpha value is -3.54. The zero-order chi connectivity index (χ0) is 25.9.